The van der Waals surface area contributed by atoms with E-state index in [1.165, 1.54) is 16.5 Å². The molecule has 0 bridgehead atoms. The Balaban J connectivity index is 1.92. The van der Waals surface area contributed by atoms with Gasteiger partial charge < -0.3 is 10.6 Å². The predicted octanol–water partition coefficient (Wildman–Crippen LogP) is 3.64. The van der Waals surface area contributed by atoms with Crippen LogP contribution in [0.2, 0.25) is 0 Å². The molecule has 2 heteroatoms. The lowest BCUT2D eigenvalue weighted by atomic mass is 10.1. The highest BCUT2D eigenvalue weighted by atomic mass is 15.0. The van der Waals surface area contributed by atoms with Gasteiger partial charge in [0.15, 0.2) is 0 Å². The molecule has 0 aromatic heterocycles. The molecule has 0 atom stereocenters. The third kappa shape index (κ3) is 3.74. The second-order valence-electron chi connectivity index (χ2n) is 5.67. The fourth-order valence-corrected chi connectivity index (χ4v) is 1.94. The van der Waals surface area contributed by atoms with E-state index in [-0.39, 0.29) is 5.54 Å². The standard InChI is InChI=1S/C16H22N2/c1-16(2,3)18-11-10-17-15-9-8-13-6-4-5-7-14(13)12-15/h4-9,12,17-18H,10-11H2,1-3H3. The van der Waals surface area contributed by atoms with E-state index in [0.29, 0.717) is 0 Å². The minimum atomic E-state index is 0.186. The monoisotopic (exact) mass is 242 g/mol. The Morgan fingerprint density at radius 2 is 1.61 bits per heavy atom. The molecule has 0 saturated carbocycles. The largest absolute Gasteiger partial charge is 0.384 e. The summed E-state index contributed by atoms with van der Waals surface area (Å²) in [6.45, 7) is 8.46. The van der Waals surface area contributed by atoms with Crippen molar-refractivity contribution >= 4 is 16.5 Å². The minimum Gasteiger partial charge on any atom is -0.384 e. The van der Waals surface area contributed by atoms with Crippen molar-refractivity contribution in [3.63, 3.8) is 0 Å². The first-order valence-corrected chi connectivity index (χ1v) is 6.52. The van der Waals surface area contributed by atoms with Crippen LogP contribution >= 0.6 is 0 Å². The van der Waals surface area contributed by atoms with Gasteiger partial charge in [-0.1, -0.05) is 30.3 Å². The molecule has 2 aromatic carbocycles. The SMILES string of the molecule is CC(C)(C)NCCNc1ccc2ccccc2c1. The predicted molar refractivity (Wildman–Crippen MR) is 80.2 cm³/mol. The summed E-state index contributed by atoms with van der Waals surface area (Å²) in [6, 6.07) is 14.9. The highest BCUT2D eigenvalue weighted by molar-refractivity contribution is 5.85. The van der Waals surface area contributed by atoms with Crippen molar-refractivity contribution in [1.82, 2.24) is 5.32 Å². The number of hydrogen-bond acceptors (Lipinski definition) is 2. The summed E-state index contributed by atoms with van der Waals surface area (Å²) in [6.07, 6.45) is 0. The smallest absolute Gasteiger partial charge is 0.0347 e. The van der Waals surface area contributed by atoms with Gasteiger partial charge in [-0.05, 0) is 43.7 Å². The van der Waals surface area contributed by atoms with Crippen molar-refractivity contribution in [2.75, 3.05) is 18.4 Å². The second-order valence-corrected chi connectivity index (χ2v) is 5.67. The van der Waals surface area contributed by atoms with Crippen LogP contribution in [0.3, 0.4) is 0 Å². The first kappa shape index (κ1) is 12.9. The molecule has 0 radical (unpaired) electrons. The Labute approximate surface area is 109 Å². The molecule has 2 N–H and O–H groups in total. The minimum absolute atomic E-state index is 0.186. The number of rotatable bonds is 4. The molecule has 18 heavy (non-hydrogen) atoms. The fourth-order valence-electron chi connectivity index (χ4n) is 1.94. The molecule has 0 fully saturated rings. The molecule has 0 amide bonds. The van der Waals surface area contributed by atoms with Gasteiger partial charge in [0, 0.05) is 24.3 Å². The first-order chi connectivity index (χ1) is 8.54. The lowest BCUT2D eigenvalue weighted by Crippen LogP contribution is -2.38. The van der Waals surface area contributed by atoms with Crippen molar-refractivity contribution < 1.29 is 0 Å². The molecule has 0 aliphatic heterocycles. The lowest BCUT2D eigenvalue weighted by Gasteiger charge is -2.20. The van der Waals surface area contributed by atoms with E-state index >= 15 is 0 Å². The van der Waals surface area contributed by atoms with Crippen LogP contribution in [0.4, 0.5) is 5.69 Å². The van der Waals surface area contributed by atoms with E-state index in [1.807, 2.05) is 0 Å². The normalized spacial score (nSPS) is 11.7. The highest BCUT2D eigenvalue weighted by Gasteiger charge is 2.06. The summed E-state index contributed by atoms with van der Waals surface area (Å²) in [7, 11) is 0. The van der Waals surface area contributed by atoms with Crippen LogP contribution in [-0.2, 0) is 0 Å². The zero-order valence-electron chi connectivity index (χ0n) is 11.5. The quantitative estimate of drug-likeness (QED) is 0.800. The average Bonchev–Trinajstić information content (AvgIpc) is 2.33. The molecule has 0 unspecified atom stereocenters. The van der Waals surface area contributed by atoms with Gasteiger partial charge in [-0.25, -0.2) is 0 Å². The van der Waals surface area contributed by atoms with Gasteiger partial charge in [-0.3, -0.25) is 0 Å². The maximum atomic E-state index is 3.47. The van der Waals surface area contributed by atoms with Gasteiger partial charge in [0.25, 0.3) is 0 Å². The maximum absolute atomic E-state index is 3.47. The molecule has 96 valence electrons. The molecule has 0 spiro atoms. The van der Waals surface area contributed by atoms with Gasteiger partial charge in [0.05, 0.1) is 0 Å². The molecule has 0 heterocycles. The molecular weight excluding hydrogens is 220 g/mol. The van der Waals surface area contributed by atoms with Crippen molar-refractivity contribution in [2.24, 2.45) is 0 Å². The number of hydrogen-bond donors (Lipinski definition) is 2. The van der Waals surface area contributed by atoms with Crippen molar-refractivity contribution in [3.05, 3.63) is 42.5 Å². The van der Waals surface area contributed by atoms with Crippen molar-refractivity contribution in [2.45, 2.75) is 26.3 Å². The summed E-state index contributed by atoms with van der Waals surface area (Å²) < 4.78 is 0. The number of nitrogens with one attached hydrogen (secondary N) is 2. The number of anilines is 1. The molecule has 0 aliphatic carbocycles. The van der Waals surface area contributed by atoms with E-state index in [1.54, 1.807) is 0 Å². The van der Waals surface area contributed by atoms with E-state index in [0.717, 1.165) is 13.1 Å². The van der Waals surface area contributed by atoms with Crippen LogP contribution < -0.4 is 10.6 Å². The summed E-state index contributed by atoms with van der Waals surface area (Å²) >= 11 is 0. The van der Waals surface area contributed by atoms with E-state index in [4.69, 9.17) is 0 Å². The molecule has 2 nitrogen and oxygen atoms in total. The van der Waals surface area contributed by atoms with Crippen LogP contribution in [0, 0.1) is 0 Å². The topological polar surface area (TPSA) is 24.1 Å². The van der Waals surface area contributed by atoms with Gasteiger partial charge in [0.1, 0.15) is 0 Å². The zero-order chi connectivity index (χ0) is 13.0. The van der Waals surface area contributed by atoms with Crippen LogP contribution in [-0.4, -0.2) is 18.6 Å². The summed E-state index contributed by atoms with van der Waals surface area (Å²) in [5, 5.41) is 9.49. The molecule has 2 rings (SSSR count). The van der Waals surface area contributed by atoms with Crippen LogP contribution in [0.15, 0.2) is 42.5 Å². The first-order valence-electron chi connectivity index (χ1n) is 6.52. The van der Waals surface area contributed by atoms with Gasteiger partial charge in [0.2, 0.25) is 0 Å². The van der Waals surface area contributed by atoms with Crippen LogP contribution in [0.25, 0.3) is 10.8 Å². The third-order valence-electron chi connectivity index (χ3n) is 2.86. The fraction of sp³-hybridized carbons (Fsp3) is 0.375. The van der Waals surface area contributed by atoms with Gasteiger partial charge >= 0.3 is 0 Å². The Kier molecular flexibility index (Phi) is 3.87. The van der Waals surface area contributed by atoms with Crippen LogP contribution in [0.1, 0.15) is 20.8 Å². The van der Waals surface area contributed by atoms with Crippen molar-refractivity contribution in [3.8, 4) is 0 Å². The van der Waals surface area contributed by atoms with E-state index < -0.39 is 0 Å². The van der Waals surface area contributed by atoms with Gasteiger partial charge in [-0.15, -0.1) is 0 Å². The van der Waals surface area contributed by atoms with E-state index in [9.17, 15) is 0 Å². The Hall–Kier alpha value is -1.54. The molecular formula is C16H22N2. The highest BCUT2D eigenvalue weighted by Crippen LogP contribution is 2.18. The van der Waals surface area contributed by atoms with Crippen molar-refractivity contribution in [1.29, 1.82) is 0 Å². The molecule has 2 aromatic rings. The Morgan fingerprint density at radius 1 is 0.889 bits per heavy atom. The second kappa shape index (κ2) is 5.40. The maximum Gasteiger partial charge on any atom is 0.0347 e. The zero-order valence-corrected chi connectivity index (χ0v) is 11.5. The number of benzene rings is 2. The van der Waals surface area contributed by atoms with Gasteiger partial charge in [-0.2, -0.15) is 0 Å². The van der Waals surface area contributed by atoms with E-state index in [2.05, 4.69) is 73.9 Å². The molecule has 0 aliphatic rings. The summed E-state index contributed by atoms with van der Waals surface area (Å²) in [4.78, 5) is 0. The lowest BCUT2D eigenvalue weighted by molar-refractivity contribution is 0.435. The molecule has 0 saturated heterocycles. The Morgan fingerprint density at radius 3 is 2.33 bits per heavy atom. The Bertz CT molecular complexity index is 512. The number of fused-ring (bicyclic) bond motifs is 1. The average molecular weight is 242 g/mol. The summed E-state index contributed by atoms with van der Waals surface area (Å²) in [5.41, 5.74) is 1.37. The third-order valence-corrected chi connectivity index (χ3v) is 2.86. The van der Waals surface area contributed by atoms with Crippen LogP contribution in [0.5, 0.6) is 0 Å². The summed E-state index contributed by atoms with van der Waals surface area (Å²) in [5.74, 6) is 0.